The molecule has 0 bridgehead atoms. The van der Waals surface area contributed by atoms with Gasteiger partial charge in [-0.15, -0.1) is 0 Å². The Morgan fingerprint density at radius 3 is 2.50 bits per heavy atom. The molecule has 1 atom stereocenters. The molecule has 1 aromatic rings. The second-order valence-electron chi connectivity index (χ2n) is 4.66. The first-order valence-corrected chi connectivity index (χ1v) is 6.98. The summed E-state index contributed by atoms with van der Waals surface area (Å²) < 4.78 is 11.9. The molecule has 1 N–H and O–H groups in total. The Kier molecular flexibility index (Phi) is 4.96. The summed E-state index contributed by atoms with van der Waals surface area (Å²) in [6, 6.07) is 7.29. The average Bonchev–Trinajstić information content (AvgIpc) is 2.16. The molecular weight excluding hydrogens is 242 g/mol. The Bertz CT molecular complexity index is 374. The third-order valence-corrected chi connectivity index (χ3v) is 3.89. The molecule has 4 heteroatoms. The lowest BCUT2D eigenvalue weighted by molar-refractivity contribution is 0.440. The van der Waals surface area contributed by atoms with E-state index >= 15 is 0 Å². The van der Waals surface area contributed by atoms with Crippen molar-refractivity contribution >= 4 is 22.4 Å². The Hall–Kier alpha value is -0.380. The molecule has 1 unspecified atom stereocenters. The number of halogens is 1. The number of hydrogen-bond donors (Lipinski definition) is 1. The van der Waals surface area contributed by atoms with Crippen molar-refractivity contribution in [3.8, 4) is 0 Å². The predicted molar refractivity (Wildman–Crippen MR) is 70.5 cm³/mol. The Labute approximate surface area is 105 Å². The molecule has 2 nitrogen and oxygen atoms in total. The fourth-order valence-electron chi connectivity index (χ4n) is 1.26. The van der Waals surface area contributed by atoms with Crippen molar-refractivity contribution in [1.29, 1.82) is 0 Å². The molecule has 0 aliphatic heterocycles. The minimum Gasteiger partial charge on any atom is -0.311 e. The molecule has 0 heterocycles. The van der Waals surface area contributed by atoms with Gasteiger partial charge in [0.05, 0.1) is 20.7 Å². The topological polar surface area (TPSA) is 29.1 Å². The molecule has 0 spiro atoms. The monoisotopic (exact) mass is 259 g/mol. The summed E-state index contributed by atoms with van der Waals surface area (Å²) in [5.41, 5.74) is 0.0602. The highest BCUT2D eigenvalue weighted by Gasteiger charge is 2.11. The van der Waals surface area contributed by atoms with Gasteiger partial charge in [-0.2, -0.15) is 0 Å². The lowest BCUT2D eigenvalue weighted by atomic mass is 10.1. The van der Waals surface area contributed by atoms with E-state index in [0.29, 0.717) is 10.8 Å². The third-order valence-electron chi connectivity index (χ3n) is 2.02. The van der Waals surface area contributed by atoms with Crippen LogP contribution in [-0.4, -0.2) is 22.0 Å². The zero-order chi connectivity index (χ0) is 12.2. The summed E-state index contributed by atoms with van der Waals surface area (Å²) in [7, 11) is -1.02. The van der Waals surface area contributed by atoms with Crippen molar-refractivity contribution in [3.63, 3.8) is 0 Å². The lowest BCUT2D eigenvalue weighted by Crippen LogP contribution is -2.38. The van der Waals surface area contributed by atoms with Crippen LogP contribution < -0.4 is 5.32 Å². The largest absolute Gasteiger partial charge is 0.311 e. The minimum absolute atomic E-state index is 0.0602. The summed E-state index contributed by atoms with van der Waals surface area (Å²) in [5.74, 6) is 0.584. The van der Waals surface area contributed by atoms with Crippen LogP contribution >= 0.6 is 11.6 Å². The third kappa shape index (κ3) is 4.64. The highest BCUT2D eigenvalue weighted by Crippen LogP contribution is 2.18. The van der Waals surface area contributed by atoms with Crippen LogP contribution in [0.5, 0.6) is 0 Å². The zero-order valence-electron chi connectivity index (χ0n) is 9.92. The molecule has 0 radical (unpaired) electrons. The first-order valence-electron chi connectivity index (χ1n) is 5.28. The SMILES string of the molecule is CC(C)(C)NCCS(=O)c1ccccc1Cl. The van der Waals surface area contributed by atoms with Gasteiger partial charge in [-0.1, -0.05) is 23.7 Å². The van der Waals surface area contributed by atoms with Gasteiger partial charge in [0.2, 0.25) is 0 Å². The number of hydrogen-bond acceptors (Lipinski definition) is 2. The number of nitrogens with one attached hydrogen (secondary N) is 1. The summed E-state index contributed by atoms with van der Waals surface area (Å²) in [5, 5.41) is 3.89. The highest BCUT2D eigenvalue weighted by atomic mass is 35.5. The van der Waals surface area contributed by atoms with E-state index in [1.807, 2.05) is 18.2 Å². The van der Waals surface area contributed by atoms with Crippen molar-refractivity contribution in [2.45, 2.75) is 31.2 Å². The zero-order valence-corrected chi connectivity index (χ0v) is 11.5. The Balaban J connectivity index is 2.51. The van der Waals surface area contributed by atoms with E-state index in [0.717, 1.165) is 11.4 Å². The maximum atomic E-state index is 11.9. The normalized spacial score (nSPS) is 13.8. The second-order valence-corrected chi connectivity index (χ2v) is 6.60. The molecule has 0 aliphatic carbocycles. The maximum Gasteiger partial charge on any atom is 0.0574 e. The molecule has 0 aliphatic rings. The van der Waals surface area contributed by atoms with Gasteiger partial charge in [-0.3, -0.25) is 4.21 Å². The van der Waals surface area contributed by atoms with Gasteiger partial charge in [0, 0.05) is 17.8 Å². The number of benzene rings is 1. The molecule has 0 fully saturated rings. The van der Waals surface area contributed by atoms with Crippen LogP contribution in [0.2, 0.25) is 5.02 Å². The van der Waals surface area contributed by atoms with E-state index in [1.54, 1.807) is 6.07 Å². The molecule has 16 heavy (non-hydrogen) atoms. The molecular formula is C12H18ClNOS. The van der Waals surface area contributed by atoms with Crippen LogP contribution in [0.3, 0.4) is 0 Å². The van der Waals surface area contributed by atoms with Gasteiger partial charge < -0.3 is 5.32 Å². The first-order chi connectivity index (χ1) is 7.40. The average molecular weight is 260 g/mol. The van der Waals surface area contributed by atoms with Crippen LogP contribution in [0.4, 0.5) is 0 Å². The van der Waals surface area contributed by atoms with Gasteiger partial charge in [-0.25, -0.2) is 0 Å². The first kappa shape index (κ1) is 13.7. The predicted octanol–water partition coefficient (Wildman–Crippen LogP) is 2.84. The lowest BCUT2D eigenvalue weighted by Gasteiger charge is -2.20. The Morgan fingerprint density at radius 2 is 1.94 bits per heavy atom. The highest BCUT2D eigenvalue weighted by molar-refractivity contribution is 7.85. The molecule has 0 aromatic heterocycles. The fraction of sp³-hybridized carbons (Fsp3) is 0.500. The smallest absolute Gasteiger partial charge is 0.0574 e. The summed E-state index contributed by atoms with van der Waals surface area (Å²) in [6.45, 7) is 6.99. The van der Waals surface area contributed by atoms with E-state index in [-0.39, 0.29) is 5.54 Å². The quantitative estimate of drug-likeness (QED) is 0.901. The van der Waals surface area contributed by atoms with Crippen molar-refractivity contribution in [3.05, 3.63) is 29.3 Å². The van der Waals surface area contributed by atoms with E-state index in [9.17, 15) is 4.21 Å². The molecule has 1 aromatic carbocycles. The van der Waals surface area contributed by atoms with E-state index in [1.165, 1.54) is 0 Å². The van der Waals surface area contributed by atoms with Crippen LogP contribution in [-0.2, 0) is 10.8 Å². The van der Waals surface area contributed by atoms with Crippen molar-refractivity contribution in [2.75, 3.05) is 12.3 Å². The van der Waals surface area contributed by atoms with Crippen LogP contribution in [0.1, 0.15) is 20.8 Å². The van der Waals surface area contributed by atoms with E-state index < -0.39 is 10.8 Å². The van der Waals surface area contributed by atoms with E-state index in [4.69, 9.17) is 11.6 Å². The van der Waals surface area contributed by atoms with E-state index in [2.05, 4.69) is 26.1 Å². The van der Waals surface area contributed by atoms with Gasteiger partial charge in [0.25, 0.3) is 0 Å². The van der Waals surface area contributed by atoms with Crippen LogP contribution in [0.15, 0.2) is 29.2 Å². The fourth-order valence-corrected chi connectivity index (χ4v) is 2.68. The summed E-state index contributed by atoms with van der Waals surface area (Å²) in [4.78, 5) is 0.722. The molecule has 0 amide bonds. The number of rotatable bonds is 4. The van der Waals surface area contributed by atoms with Gasteiger partial charge in [-0.05, 0) is 32.9 Å². The summed E-state index contributed by atoms with van der Waals surface area (Å²) in [6.07, 6.45) is 0. The van der Waals surface area contributed by atoms with Crippen molar-refractivity contribution in [2.24, 2.45) is 0 Å². The van der Waals surface area contributed by atoms with Crippen LogP contribution in [0, 0.1) is 0 Å². The van der Waals surface area contributed by atoms with Crippen molar-refractivity contribution in [1.82, 2.24) is 5.32 Å². The van der Waals surface area contributed by atoms with Gasteiger partial charge >= 0.3 is 0 Å². The standard InChI is InChI=1S/C12H18ClNOS/c1-12(2,3)14-8-9-16(15)11-7-5-4-6-10(11)13/h4-7,14H,8-9H2,1-3H3. The maximum absolute atomic E-state index is 11.9. The van der Waals surface area contributed by atoms with Gasteiger partial charge in [0.1, 0.15) is 0 Å². The van der Waals surface area contributed by atoms with Gasteiger partial charge in [0.15, 0.2) is 0 Å². The molecule has 1 rings (SSSR count). The second kappa shape index (κ2) is 5.80. The summed E-state index contributed by atoms with van der Waals surface area (Å²) >= 11 is 5.97. The van der Waals surface area contributed by atoms with Crippen LogP contribution in [0.25, 0.3) is 0 Å². The minimum atomic E-state index is -1.02. The molecule has 0 saturated carbocycles. The Morgan fingerprint density at radius 1 is 1.31 bits per heavy atom. The molecule has 0 saturated heterocycles. The van der Waals surface area contributed by atoms with Crippen molar-refractivity contribution < 1.29 is 4.21 Å². The molecule has 90 valence electrons.